The number of nitrogens with zero attached hydrogens (tertiary/aromatic N) is 2. The average Bonchev–Trinajstić information content (AvgIpc) is 3.63. The molecule has 1 saturated heterocycles. The van der Waals surface area contributed by atoms with Gasteiger partial charge in [-0.25, -0.2) is 0 Å². The predicted molar refractivity (Wildman–Crippen MR) is 179 cm³/mol. The van der Waals surface area contributed by atoms with Crippen LogP contribution in [-0.4, -0.2) is 52.6 Å². The minimum atomic E-state index is -0.362. The number of nitrogens with one attached hydrogen (secondary N) is 3. The monoisotopic (exact) mass is 713 g/mol. The van der Waals surface area contributed by atoms with Crippen molar-refractivity contribution >= 4 is 41.0 Å². The van der Waals surface area contributed by atoms with Crippen LogP contribution in [0.1, 0.15) is 103 Å². The first-order valence-electron chi connectivity index (χ1n) is 15.4. The maximum Gasteiger partial charge on any atom is 0.256 e. The van der Waals surface area contributed by atoms with Gasteiger partial charge in [-0.15, -0.1) is 0 Å². The number of hydrogen-bond acceptors (Lipinski definition) is 4. The van der Waals surface area contributed by atoms with Crippen LogP contribution in [-0.2, 0) is 29.1 Å². The number of aromatic nitrogens is 1. The molecule has 0 aliphatic carbocycles. The molecule has 247 valence electrons. The van der Waals surface area contributed by atoms with Crippen molar-refractivity contribution in [3.05, 3.63) is 93.1 Å². The fraction of sp³-hybridized carbons (Fsp3) is 0.389. The van der Waals surface area contributed by atoms with Crippen molar-refractivity contribution < 1.29 is 38.7 Å². The van der Waals surface area contributed by atoms with Gasteiger partial charge in [-0.1, -0.05) is 82.6 Å². The van der Waals surface area contributed by atoms with Crippen LogP contribution < -0.4 is 10.6 Å². The number of rotatable bonds is 6. The van der Waals surface area contributed by atoms with Gasteiger partial charge in [0.15, 0.2) is 0 Å². The van der Waals surface area contributed by atoms with Gasteiger partial charge in [0, 0.05) is 68.2 Å². The number of carbonyl (C=O) groups excluding carboxylic acids is 4. The topological polar surface area (TPSA) is 125 Å². The van der Waals surface area contributed by atoms with E-state index in [-0.39, 0.29) is 55.2 Å². The smallest absolute Gasteiger partial charge is 0.256 e. The molecule has 2 atom stereocenters. The molecular weight excluding hydrogens is 669 g/mol. The van der Waals surface area contributed by atoms with E-state index in [1.54, 1.807) is 29.2 Å². The van der Waals surface area contributed by atoms with Crippen molar-refractivity contribution in [2.75, 3.05) is 18.4 Å². The summed E-state index contributed by atoms with van der Waals surface area (Å²) in [5.41, 5.74) is 5.98. The quantitative estimate of drug-likeness (QED) is 0.192. The van der Waals surface area contributed by atoms with E-state index in [1.807, 2.05) is 51.1 Å². The van der Waals surface area contributed by atoms with Gasteiger partial charge in [0.1, 0.15) is 0 Å². The molecule has 46 heavy (non-hydrogen) atoms. The number of aromatic amines is 1. The number of fused-ring (bicyclic) bond motifs is 1. The van der Waals surface area contributed by atoms with E-state index >= 15 is 0 Å². The minimum absolute atomic E-state index is 0. The second-order valence-corrected chi connectivity index (χ2v) is 13.4. The molecule has 0 saturated carbocycles. The van der Waals surface area contributed by atoms with Crippen LogP contribution in [0.2, 0.25) is 0 Å². The molecular formula is C36H44N5O4Rh-. The third-order valence-corrected chi connectivity index (χ3v) is 7.60. The molecule has 2 unspecified atom stereocenters. The molecule has 0 spiro atoms. The van der Waals surface area contributed by atoms with Crippen LogP contribution in [0.4, 0.5) is 5.69 Å². The summed E-state index contributed by atoms with van der Waals surface area (Å²) in [6, 6.07) is 14.2. The Bertz CT molecular complexity index is 1630. The van der Waals surface area contributed by atoms with E-state index in [2.05, 4.69) is 48.6 Å². The third kappa shape index (κ3) is 9.03. The summed E-state index contributed by atoms with van der Waals surface area (Å²) in [6.07, 6.45) is 2.42. The summed E-state index contributed by atoms with van der Waals surface area (Å²) in [4.78, 5) is 55.7. The van der Waals surface area contributed by atoms with E-state index in [1.165, 1.54) is 6.92 Å². The van der Waals surface area contributed by atoms with Crippen molar-refractivity contribution in [1.29, 1.82) is 0 Å². The third-order valence-electron chi connectivity index (χ3n) is 7.60. The second-order valence-electron chi connectivity index (χ2n) is 13.4. The van der Waals surface area contributed by atoms with Gasteiger partial charge in [0.2, 0.25) is 5.91 Å². The van der Waals surface area contributed by atoms with Gasteiger partial charge in [0.25, 0.3) is 11.8 Å². The Morgan fingerprint density at radius 3 is 2.33 bits per heavy atom. The molecule has 2 aliphatic rings. The van der Waals surface area contributed by atoms with Crippen molar-refractivity contribution in [2.24, 2.45) is 5.41 Å². The summed E-state index contributed by atoms with van der Waals surface area (Å²) in [6.45, 7) is 16.9. The molecule has 5 rings (SSSR count). The molecule has 3 N–H and O–H groups in total. The number of aryl methyl sites for hydroxylation is 1. The van der Waals surface area contributed by atoms with Gasteiger partial charge >= 0.3 is 0 Å². The van der Waals surface area contributed by atoms with Gasteiger partial charge in [0.05, 0.1) is 17.0 Å². The number of carbonyl (C=O) groups is 4. The molecule has 1 fully saturated rings. The van der Waals surface area contributed by atoms with Crippen molar-refractivity contribution in [2.45, 2.75) is 73.9 Å². The molecule has 1 radical (unpaired) electrons. The number of amides is 4. The fourth-order valence-corrected chi connectivity index (χ4v) is 5.35. The van der Waals surface area contributed by atoms with Crippen molar-refractivity contribution in [3.8, 4) is 0 Å². The molecule has 4 amide bonds. The molecule has 9 nitrogen and oxygen atoms in total. The Morgan fingerprint density at radius 1 is 1.07 bits per heavy atom. The van der Waals surface area contributed by atoms with E-state index in [0.29, 0.717) is 69.8 Å². The van der Waals surface area contributed by atoms with Crippen molar-refractivity contribution in [3.63, 3.8) is 0 Å². The number of H-pyrrole nitrogens is 1. The molecule has 2 aliphatic heterocycles. The Balaban J connectivity index is 0.000000892. The van der Waals surface area contributed by atoms with E-state index in [4.69, 9.17) is 0 Å². The van der Waals surface area contributed by atoms with Crippen LogP contribution in [0, 0.1) is 19.3 Å². The first-order valence-corrected chi connectivity index (χ1v) is 15.4. The van der Waals surface area contributed by atoms with E-state index < -0.39 is 0 Å². The Labute approximate surface area is 284 Å². The van der Waals surface area contributed by atoms with E-state index in [0.717, 1.165) is 5.56 Å². The van der Waals surface area contributed by atoms with E-state index in [9.17, 15) is 19.2 Å². The number of anilines is 1. The molecule has 2 aromatic carbocycles. The summed E-state index contributed by atoms with van der Waals surface area (Å²) in [5.74, 6) is -0.871. The first-order chi connectivity index (χ1) is 21.1. The SMILES string of the molecule is CC(=O)N1CCC(NC(=O)c2c(C)[nH]c(/C=C3\C(=O)Nc4ccc(C(=O)[N-]C(C)c5ccccc5)cc43)c2C)C1.CC(C)(C)C.[Rh]. The molecule has 1 aromatic heterocycles. The van der Waals surface area contributed by atoms with Crippen LogP contribution >= 0.6 is 0 Å². The Morgan fingerprint density at radius 2 is 1.72 bits per heavy atom. The number of hydrogen-bond donors (Lipinski definition) is 3. The normalized spacial score (nSPS) is 16.9. The number of benzene rings is 2. The van der Waals surface area contributed by atoms with Gasteiger partial charge in [-0.3, -0.25) is 14.4 Å². The van der Waals surface area contributed by atoms with Gasteiger partial charge in [-0.05, 0) is 55.0 Å². The average molecular weight is 714 g/mol. The molecule has 3 aromatic rings. The summed E-state index contributed by atoms with van der Waals surface area (Å²) in [5, 5.41) is 10.2. The van der Waals surface area contributed by atoms with Crippen LogP contribution in [0.5, 0.6) is 0 Å². The predicted octanol–water partition coefficient (Wildman–Crippen LogP) is 6.80. The van der Waals surface area contributed by atoms with Gasteiger partial charge in [-0.2, -0.15) is 0 Å². The summed E-state index contributed by atoms with van der Waals surface area (Å²) >= 11 is 0. The molecule has 0 bridgehead atoms. The molecule has 3 heterocycles. The maximum atomic E-state index is 13.2. The minimum Gasteiger partial charge on any atom is -0.643 e. The maximum absolute atomic E-state index is 13.2. The zero-order valence-electron chi connectivity index (χ0n) is 27.8. The van der Waals surface area contributed by atoms with Crippen LogP contribution in [0.3, 0.4) is 0 Å². The largest absolute Gasteiger partial charge is 0.643 e. The summed E-state index contributed by atoms with van der Waals surface area (Å²) < 4.78 is 0. The van der Waals surface area contributed by atoms with Gasteiger partial charge < -0.3 is 30.6 Å². The standard InChI is InChI=1S/C31H33N5O4.C5H12.Rh/c1-17-27(32-19(3)28(17)31(40)34-23-12-13-36(16-23)20(4)37)15-25-24-14-22(10-11-26(24)35-30(25)39)29(38)33-18(2)21-8-6-5-7-9-21;1-5(2,3)4;/h5-11,14-15,18,23H,12-13,16H2,1-4H3,(H4,32,33,34,35,38,39,40);1-4H3;/p-1. The van der Waals surface area contributed by atoms with Crippen molar-refractivity contribution in [1.82, 2.24) is 15.2 Å². The zero-order valence-corrected chi connectivity index (χ0v) is 29.5. The Hall–Kier alpha value is -4.04. The molecule has 10 heteroatoms. The van der Waals surface area contributed by atoms with Crippen LogP contribution in [0.15, 0.2) is 48.5 Å². The summed E-state index contributed by atoms with van der Waals surface area (Å²) in [7, 11) is 0. The first kappa shape index (κ1) is 36.4. The second kappa shape index (κ2) is 15.0. The number of likely N-dealkylation sites (tertiary alicyclic amines) is 1. The Kier molecular flexibility index (Phi) is 11.9. The van der Waals surface area contributed by atoms with Crippen LogP contribution in [0.25, 0.3) is 17.0 Å². The zero-order chi connectivity index (χ0) is 33.1. The fourth-order valence-electron chi connectivity index (χ4n) is 5.35.